The van der Waals surface area contributed by atoms with Crippen LogP contribution >= 0.6 is 22.9 Å². The van der Waals surface area contributed by atoms with Gasteiger partial charge in [0.25, 0.3) is 16.0 Å². The molecule has 1 atom stereocenters. The second-order valence-electron chi connectivity index (χ2n) is 5.02. The molecule has 9 heteroatoms. The van der Waals surface area contributed by atoms with Crippen molar-refractivity contribution in [2.75, 3.05) is 13.2 Å². The molecule has 1 amide bonds. The number of aryl methyl sites for hydroxylation is 1. The molecule has 130 valence electrons. The van der Waals surface area contributed by atoms with Gasteiger partial charge in [0.15, 0.2) is 0 Å². The molecule has 0 radical (unpaired) electrons. The van der Waals surface area contributed by atoms with E-state index in [4.69, 9.17) is 15.8 Å². The number of carbonyl (C=O) groups excluding carboxylic acids is 1. The highest BCUT2D eigenvalue weighted by molar-refractivity contribution is 7.86. The number of amides is 1. The number of halogens is 1. The molecule has 1 heterocycles. The van der Waals surface area contributed by atoms with Crippen molar-refractivity contribution >= 4 is 39.0 Å². The van der Waals surface area contributed by atoms with Crippen LogP contribution in [0.1, 0.15) is 15.2 Å². The highest BCUT2D eigenvalue weighted by atomic mass is 35.5. The molecule has 24 heavy (non-hydrogen) atoms. The zero-order valence-corrected chi connectivity index (χ0v) is 15.1. The third-order valence-electron chi connectivity index (χ3n) is 3.02. The number of aliphatic hydroxyl groups is 1. The molecule has 2 aromatic rings. The zero-order valence-electron chi connectivity index (χ0n) is 12.7. The fourth-order valence-electron chi connectivity index (χ4n) is 1.73. The minimum absolute atomic E-state index is 0.0116. The highest BCUT2D eigenvalue weighted by Crippen LogP contribution is 2.21. The lowest BCUT2D eigenvalue weighted by atomic mass is 10.2. The maximum Gasteiger partial charge on any atom is 0.297 e. The van der Waals surface area contributed by atoms with Crippen LogP contribution in [0.3, 0.4) is 0 Å². The molecule has 2 N–H and O–H groups in total. The van der Waals surface area contributed by atoms with Crippen molar-refractivity contribution in [2.24, 2.45) is 0 Å². The van der Waals surface area contributed by atoms with Crippen molar-refractivity contribution in [3.05, 3.63) is 51.2 Å². The Morgan fingerprint density at radius 2 is 1.96 bits per heavy atom. The van der Waals surface area contributed by atoms with Gasteiger partial charge in [0.1, 0.15) is 0 Å². The van der Waals surface area contributed by atoms with E-state index in [1.165, 1.54) is 12.1 Å². The van der Waals surface area contributed by atoms with Gasteiger partial charge in [0, 0.05) is 6.54 Å². The molecule has 0 unspecified atom stereocenters. The molecule has 0 bridgehead atoms. The summed E-state index contributed by atoms with van der Waals surface area (Å²) in [4.78, 5) is 12.2. The summed E-state index contributed by atoms with van der Waals surface area (Å²) in [6.45, 7) is 1.24. The molecular formula is C15H16ClNO5S2. The minimum Gasteiger partial charge on any atom is -0.389 e. The number of rotatable bonds is 7. The Morgan fingerprint density at radius 3 is 2.54 bits per heavy atom. The van der Waals surface area contributed by atoms with Gasteiger partial charge in [-0.15, -0.1) is 11.3 Å². The molecular weight excluding hydrogens is 374 g/mol. The van der Waals surface area contributed by atoms with Crippen molar-refractivity contribution in [1.29, 1.82) is 0 Å². The van der Waals surface area contributed by atoms with Gasteiger partial charge in [0.2, 0.25) is 0 Å². The van der Waals surface area contributed by atoms with Crippen molar-refractivity contribution in [1.82, 2.24) is 5.32 Å². The number of aliphatic hydroxyl groups excluding tert-OH is 1. The predicted molar refractivity (Wildman–Crippen MR) is 92.0 cm³/mol. The molecule has 2 rings (SSSR count). The summed E-state index contributed by atoms with van der Waals surface area (Å²) < 4.78 is 29.2. The van der Waals surface area contributed by atoms with Gasteiger partial charge in [-0.25, -0.2) is 0 Å². The van der Waals surface area contributed by atoms with Gasteiger partial charge in [-0.1, -0.05) is 29.3 Å². The molecule has 6 nitrogen and oxygen atoms in total. The molecule has 0 fully saturated rings. The van der Waals surface area contributed by atoms with E-state index >= 15 is 0 Å². The molecule has 0 aliphatic rings. The van der Waals surface area contributed by atoms with E-state index in [0.717, 1.165) is 16.9 Å². The largest absolute Gasteiger partial charge is 0.389 e. The summed E-state index contributed by atoms with van der Waals surface area (Å²) in [5.74, 6) is -0.396. The topological polar surface area (TPSA) is 92.7 Å². The van der Waals surface area contributed by atoms with Crippen molar-refractivity contribution in [2.45, 2.75) is 17.9 Å². The summed E-state index contributed by atoms with van der Waals surface area (Å²) in [7, 11) is -3.95. The quantitative estimate of drug-likeness (QED) is 0.708. The fraction of sp³-hybridized carbons (Fsp3) is 0.267. The first-order valence-electron chi connectivity index (χ1n) is 6.95. The second kappa shape index (κ2) is 8.09. The van der Waals surface area contributed by atoms with Crippen LogP contribution in [0, 0.1) is 6.92 Å². The van der Waals surface area contributed by atoms with Crippen LogP contribution in [0.25, 0.3) is 0 Å². The van der Waals surface area contributed by atoms with E-state index in [9.17, 15) is 18.3 Å². The molecule has 1 aromatic carbocycles. The lowest BCUT2D eigenvalue weighted by Gasteiger charge is -2.12. The smallest absolute Gasteiger partial charge is 0.297 e. The van der Waals surface area contributed by atoms with E-state index in [-0.39, 0.29) is 11.4 Å². The van der Waals surface area contributed by atoms with Crippen LogP contribution in [0.15, 0.2) is 41.3 Å². The maximum absolute atomic E-state index is 12.0. The first-order chi connectivity index (χ1) is 11.3. The monoisotopic (exact) mass is 389 g/mol. The first-order valence-corrected chi connectivity index (χ1v) is 9.56. The second-order valence-corrected chi connectivity index (χ2v) is 8.35. The first kappa shape index (κ1) is 18.9. The van der Waals surface area contributed by atoms with Crippen molar-refractivity contribution in [3.8, 4) is 0 Å². The molecule has 1 aromatic heterocycles. The molecule has 0 saturated heterocycles. The van der Waals surface area contributed by atoms with E-state index in [1.807, 2.05) is 6.92 Å². The normalized spacial score (nSPS) is 12.8. The summed E-state index contributed by atoms with van der Waals surface area (Å²) in [5.41, 5.74) is 0.922. The zero-order chi connectivity index (χ0) is 17.7. The van der Waals surface area contributed by atoms with E-state index in [2.05, 4.69) is 5.32 Å². The lowest BCUT2D eigenvalue weighted by molar-refractivity contribution is 0.0856. The Bertz CT molecular complexity index is 802. The van der Waals surface area contributed by atoms with Crippen LogP contribution in [-0.4, -0.2) is 38.7 Å². The third-order valence-corrected chi connectivity index (χ3v) is 5.55. The Labute approximate surface area is 149 Å². The van der Waals surface area contributed by atoms with Crippen molar-refractivity contribution < 1.29 is 22.5 Å². The maximum atomic E-state index is 12.0. The van der Waals surface area contributed by atoms with E-state index in [0.29, 0.717) is 9.21 Å². The minimum atomic E-state index is -3.95. The van der Waals surface area contributed by atoms with E-state index in [1.54, 1.807) is 24.3 Å². The Kier molecular flexibility index (Phi) is 6.36. The van der Waals surface area contributed by atoms with Crippen molar-refractivity contribution in [3.63, 3.8) is 0 Å². The van der Waals surface area contributed by atoms with Crippen LogP contribution in [0.4, 0.5) is 0 Å². The third kappa shape index (κ3) is 5.29. The summed E-state index contributed by atoms with van der Waals surface area (Å²) in [6.07, 6.45) is -1.16. The van der Waals surface area contributed by atoms with E-state index < -0.39 is 28.7 Å². The van der Waals surface area contributed by atoms with Crippen LogP contribution in [0.2, 0.25) is 4.34 Å². The number of hydrogen-bond donors (Lipinski definition) is 2. The summed E-state index contributed by atoms with van der Waals surface area (Å²) in [6, 6.07) is 9.32. The van der Waals surface area contributed by atoms with Gasteiger partial charge in [-0.05, 0) is 31.2 Å². The van der Waals surface area contributed by atoms with Gasteiger partial charge >= 0.3 is 0 Å². The van der Waals surface area contributed by atoms with Gasteiger partial charge in [-0.3, -0.25) is 8.98 Å². The van der Waals surface area contributed by atoms with Gasteiger partial charge < -0.3 is 10.4 Å². The Balaban J connectivity index is 1.83. The van der Waals surface area contributed by atoms with Gasteiger partial charge in [-0.2, -0.15) is 8.42 Å². The molecule has 0 aliphatic heterocycles. The predicted octanol–water partition coefficient (Wildman–Crippen LogP) is 2.21. The van der Waals surface area contributed by atoms with Crippen LogP contribution in [-0.2, 0) is 14.3 Å². The van der Waals surface area contributed by atoms with Crippen LogP contribution < -0.4 is 5.32 Å². The number of benzene rings is 1. The van der Waals surface area contributed by atoms with Gasteiger partial charge in [0.05, 0.1) is 26.8 Å². The lowest BCUT2D eigenvalue weighted by Crippen LogP contribution is -2.34. The molecule has 0 spiro atoms. The SMILES string of the molecule is Cc1ccc(S(=O)(=O)OC[C@@H](O)CNC(=O)c2ccc(Cl)s2)cc1. The number of thiophene rings is 1. The number of hydrogen-bond acceptors (Lipinski definition) is 6. The summed E-state index contributed by atoms with van der Waals surface area (Å²) >= 11 is 6.85. The average molecular weight is 390 g/mol. The molecule has 0 aliphatic carbocycles. The summed E-state index contributed by atoms with van der Waals surface area (Å²) in [5, 5.41) is 12.3. The van der Waals surface area contributed by atoms with Crippen LogP contribution in [0.5, 0.6) is 0 Å². The Morgan fingerprint density at radius 1 is 1.29 bits per heavy atom. The highest BCUT2D eigenvalue weighted by Gasteiger charge is 2.18. The molecule has 0 saturated carbocycles. The number of carbonyl (C=O) groups is 1. The standard InChI is InChI=1S/C15H16ClNO5S2/c1-10-2-4-12(5-3-10)24(20,21)22-9-11(18)8-17-15(19)13-6-7-14(16)23-13/h2-7,11,18H,8-9H2,1H3,(H,17,19)/t11-/m0/s1. The number of nitrogens with one attached hydrogen (secondary N) is 1. The average Bonchev–Trinajstić information content (AvgIpc) is 2.98. The fourth-order valence-corrected chi connectivity index (χ4v) is 3.64. The Hall–Kier alpha value is -1.45.